The Labute approximate surface area is 71.7 Å². The van der Waals surface area contributed by atoms with Gasteiger partial charge in [0.2, 0.25) is 0 Å². The summed E-state index contributed by atoms with van der Waals surface area (Å²) in [6.07, 6.45) is -0.243. The molecule has 2 atom stereocenters. The van der Waals surface area contributed by atoms with E-state index in [1.54, 1.807) is 11.3 Å². The number of hydrogen-bond donors (Lipinski definition) is 1. The van der Waals surface area contributed by atoms with E-state index in [1.807, 2.05) is 6.92 Å². The average Bonchev–Trinajstić information content (AvgIpc) is 2.33. The Hall–Kier alpha value is -0.340. The highest BCUT2D eigenvalue weighted by Gasteiger charge is 2.14. The van der Waals surface area contributed by atoms with Crippen LogP contribution in [0.3, 0.4) is 0 Å². The molecule has 62 valence electrons. The summed E-state index contributed by atoms with van der Waals surface area (Å²) in [5.41, 5.74) is 1.29. The van der Waals surface area contributed by atoms with Crippen LogP contribution in [0.5, 0.6) is 0 Å². The normalized spacial score (nSPS) is 16.4. The van der Waals surface area contributed by atoms with Crippen LogP contribution >= 0.6 is 11.3 Å². The van der Waals surface area contributed by atoms with Gasteiger partial charge in [0.1, 0.15) is 0 Å². The first-order valence-corrected chi connectivity index (χ1v) is 4.73. The molecule has 11 heavy (non-hydrogen) atoms. The molecule has 0 amide bonds. The van der Waals surface area contributed by atoms with Crippen LogP contribution in [0.15, 0.2) is 11.4 Å². The van der Waals surface area contributed by atoms with Gasteiger partial charge in [0, 0.05) is 10.8 Å². The van der Waals surface area contributed by atoms with Crippen LogP contribution in [0.1, 0.15) is 30.2 Å². The summed E-state index contributed by atoms with van der Waals surface area (Å²) in [5, 5.41) is 11.4. The fourth-order valence-corrected chi connectivity index (χ4v) is 2.15. The third-order valence-corrected chi connectivity index (χ3v) is 3.26. The predicted molar refractivity (Wildman–Crippen MR) is 49.2 cm³/mol. The van der Waals surface area contributed by atoms with Gasteiger partial charge in [0.05, 0.1) is 6.10 Å². The van der Waals surface area contributed by atoms with E-state index in [2.05, 4.69) is 25.3 Å². The molecule has 0 saturated heterocycles. The Kier molecular flexibility index (Phi) is 2.68. The maximum absolute atomic E-state index is 9.32. The first-order chi connectivity index (χ1) is 5.13. The van der Waals surface area contributed by atoms with Gasteiger partial charge >= 0.3 is 0 Å². The molecular weight excluding hydrogens is 156 g/mol. The van der Waals surface area contributed by atoms with Crippen molar-refractivity contribution in [2.24, 2.45) is 0 Å². The lowest BCUT2D eigenvalue weighted by Gasteiger charge is -2.13. The van der Waals surface area contributed by atoms with Crippen molar-refractivity contribution in [3.8, 4) is 0 Å². The molecule has 1 rings (SSSR count). The van der Waals surface area contributed by atoms with Crippen LogP contribution in [0.4, 0.5) is 0 Å². The standard InChI is InChI=1S/C9H14OS/c1-6-4-5-11-9(6)7(2)8(3)10/h4-5,7-8,10H,1-3H3. The molecule has 1 nitrogen and oxygen atoms in total. The molecule has 0 aromatic carbocycles. The Morgan fingerprint density at radius 1 is 1.45 bits per heavy atom. The highest BCUT2D eigenvalue weighted by Crippen LogP contribution is 2.27. The molecule has 0 fully saturated rings. The van der Waals surface area contributed by atoms with E-state index in [-0.39, 0.29) is 12.0 Å². The third-order valence-electron chi connectivity index (χ3n) is 2.04. The Morgan fingerprint density at radius 2 is 2.09 bits per heavy atom. The number of aliphatic hydroxyl groups is 1. The largest absolute Gasteiger partial charge is 0.393 e. The Morgan fingerprint density at radius 3 is 2.45 bits per heavy atom. The van der Waals surface area contributed by atoms with Gasteiger partial charge in [-0.05, 0) is 30.9 Å². The second-order valence-corrected chi connectivity index (χ2v) is 3.94. The SMILES string of the molecule is Cc1ccsc1C(C)C(C)O. The molecule has 1 N–H and O–H groups in total. The first kappa shape index (κ1) is 8.75. The molecule has 0 aliphatic carbocycles. The topological polar surface area (TPSA) is 20.2 Å². The lowest BCUT2D eigenvalue weighted by molar-refractivity contribution is 0.170. The minimum absolute atomic E-state index is 0.243. The van der Waals surface area contributed by atoms with E-state index in [1.165, 1.54) is 10.4 Å². The van der Waals surface area contributed by atoms with E-state index in [0.717, 1.165) is 0 Å². The molecule has 2 unspecified atom stereocenters. The van der Waals surface area contributed by atoms with Crippen molar-refractivity contribution in [3.05, 3.63) is 21.9 Å². The van der Waals surface area contributed by atoms with Gasteiger partial charge in [-0.1, -0.05) is 6.92 Å². The molecule has 0 radical (unpaired) electrons. The van der Waals surface area contributed by atoms with Crippen molar-refractivity contribution in [3.63, 3.8) is 0 Å². The number of aliphatic hydroxyl groups excluding tert-OH is 1. The molecular formula is C9H14OS. The maximum Gasteiger partial charge on any atom is 0.0585 e. The van der Waals surface area contributed by atoms with Crippen LogP contribution in [0, 0.1) is 6.92 Å². The maximum atomic E-state index is 9.32. The van der Waals surface area contributed by atoms with E-state index in [4.69, 9.17) is 0 Å². The number of thiophene rings is 1. The predicted octanol–water partition coefficient (Wildman–Crippen LogP) is 2.54. The number of rotatable bonds is 2. The lowest BCUT2D eigenvalue weighted by atomic mass is 10.0. The van der Waals surface area contributed by atoms with E-state index in [0.29, 0.717) is 0 Å². The third kappa shape index (κ3) is 1.82. The summed E-state index contributed by atoms with van der Waals surface area (Å²) in [4.78, 5) is 1.31. The summed E-state index contributed by atoms with van der Waals surface area (Å²) in [5.74, 6) is 0.273. The van der Waals surface area contributed by atoms with Crippen LogP contribution in [0.25, 0.3) is 0 Å². The van der Waals surface area contributed by atoms with E-state index < -0.39 is 0 Å². The number of aryl methyl sites for hydroxylation is 1. The minimum Gasteiger partial charge on any atom is -0.393 e. The summed E-state index contributed by atoms with van der Waals surface area (Å²) >= 11 is 1.73. The van der Waals surface area contributed by atoms with Gasteiger partial charge in [-0.2, -0.15) is 0 Å². The summed E-state index contributed by atoms with van der Waals surface area (Å²) in [6, 6.07) is 2.10. The molecule has 0 aliphatic heterocycles. The second kappa shape index (κ2) is 3.37. The van der Waals surface area contributed by atoms with E-state index in [9.17, 15) is 5.11 Å². The van der Waals surface area contributed by atoms with Crippen molar-refractivity contribution in [1.82, 2.24) is 0 Å². The Bertz CT molecular complexity index is 227. The molecule has 0 aliphatic rings. The van der Waals surface area contributed by atoms with Crippen LogP contribution in [0.2, 0.25) is 0 Å². The highest BCUT2D eigenvalue weighted by molar-refractivity contribution is 7.10. The van der Waals surface area contributed by atoms with Crippen molar-refractivity contribution < 1.29 is 5.11 Å². The lowest BCUT2D eigenvalue weighted by Crippen LogP contribution is -2.10. The molecule has 0 saturated carbocycles. The van der Waals surface area contributed by atoms with Crippen LogP contribution in [-0.4, -0.2) is 11.2 Å². The molecule has 1 aromatic rings. The average molecular weight is 170 g/mol. The monoisotopic (exact) mass is 170 g/mol. The second-order valence-electron chi connectivity index (χ2n) is 3.00. The van der Waals surface area contributed by atoms with Gasteiger partial charge in [-0.3, -0.25) is 0 Å². The fourth-order valence-electron chi connectivity index (χ4n) is 1.07. The molecule has 2 heteroatoms. The molecule has 0 bridgehead atoms. The molecule has 0 spiro atoms. The minimum atomic E-state index is -0.243. The van der Waals surface area contributed by atoms with Gasteiger partial charge in [-0.15, -0.1) is 11.3 Å². The summed E-state index contributed by atoms with van der Waals surface area (Å²) in [7, 11) is 0. The fraction of sp³-hybridized carbons (Fsp3) is 0.556. The molecule has 1 heterocycles. The zero-order chi connectivity index (χ0) is 8.43. The Balaban J connectivity index is 2.84. The number of hydrogen-bond acceptors (Lipinski definition) is 2. The van der Waals surface area contributed by atoms with Gasteiger partial charge in [0.25, 0.3) is 0 Å². The quantitative estimate of drug-likeness (QED) is 0.723. The van der Waals surface area contributed by atoms with Gasteiger partial charge in [-0.25, -0.2) is 0 Å². The van der Waals surface area contributed by atoms with Gasteiger partial charge in [0.15, 0.2) is 0 Å². The van der Waals surface area contributed by atoms with Crippen molar-refractivity contribution >= 4 is 11.3 Å². The van der Waals surface area contributed by atoms with E-state index >= 15 is 0 Å². The van der Waals surface area contributed by atoms with Gasteiger partial charge < -0.3 is 5.11 Å². The highest BCUT2D eigenvalue weighted by atomic mass is 32.1. The zero-order valence-corrected chi connectivity index (χ0v) is 7.98. The zero-order valence-electron chi connectivity index (χ0n) is 7.16. The van der Waals surface area contributed by atoms with Crippen LogP contribution < -0.4 is 0 Å². The summed E-state index contributed by atoms with van der Waals surface area (Å²) < 4.78 is 0. The van der Waals surface area contributed by atoms with Crippen molar-refractivity contribution in [1.29, 1.82) is 0 Å². The van der Waals surface area contributed by atoms with Crippen molar-refractivity contribution in [2.45, 2.75) is 32.8 Å². The first-order valence-electron chi connectivity index (χ1n) is 3.85. The van der Waals surface area contributed by atoms with Crippen LogP contribution in [-0.2, 0) is 0 Å². The smallest absolute Gasteiger partial charge is 0.0585 e. The summed E-state index contributed by atoms with van der Waals surface area (Å²) in [6.45, 7) is 5.98. The van der Waals surface area contributed by atoms with Crippen molar-refractivity contribution in [2.75, 3.05) is 0 Å². The molecule has 1 aromatic heterocycles.